The average Bonchev–Trinajstić information content (AvgIpc) is 3.50. The number of aromatic nitrogens is 1. The number of carbonyl (C=O) groups is 3. The molecular weight excluding hydrogens is 662 g/mol. The number of anilines is 3. The van der Waals surface area contributed by atoms with Crippen molar-refractivity contribution in [2.45, 2.75) is 28.9 Å². The first-order chi connectivity index (χ1) is 22.9. The molecule has 0 radical (unpaired) electrons. The molecule has 8 nitrogen and oxygen atoms in total. The summed E-state index contributed by atoms with van der Waals surface area (Å²) in [5, 5.41) is 3.83. The molecule has 7 rings (SSSR count). The molecular formula is C35H27F3N4O4S2. The number of nitrogens with zero attached hydrogens (tertiary/aromatic N) is 3. The molecule has 0 bridgehead atoms. The molecule has 1 aromatic heterocycles. The summed E-state index contributed by atoms with van der Waals surface area (Å²) in [5.74, 6) is -3.96. The number of halogens is 3. The van der Waals surface area contributed by atoms with Crippen LogP contribution in [0.4, 0.5) is 30.2 Å². The van der Waals surface area contributed by atoms with Gasteiger partial charge in [-0.3, -0.25) is 23.7 Å². The first kappa shape index (κ1) is 31.7. The van der Waals surface area contributed by atoms with Crippen molar-refractivity contribution in [1.82, 2.24) is 4.57 Å². The fourth-order valence-corrected chi connectivity index (χ4v) is 9.18. The fraction of sp³-hybridized carbons (Fsp3) is 0.200. The first-order valence-corrected chi connectivity index (χ1v) is 16.6. The number of thioether (sulfide) groups is 1. The van der Waals surface area contributed by atoms with Crippen LogP contribution in [0.2, 0.25) is 0 Å². The Balaban J connectivity index is 1.30. The summed E-state index contributed by atoms with van der Waals surface area (Å²) in [6, 6.07) is 24.8. The average molecular weight is 689 g/mol. The van der Waals surface area contributed by atoms with E-state index in [2.05, 4.69) is 5.32 Å². The highest BCUT2D eigenvalue weighted by atomic mass is 32.2. The lowest BCUT2D eigenvalue weighted by Gasteiger charge is -2.31. The predicted octanol–water partition coefficient (Wildman–Crippen LogP) is 6.58. The highest BCUT2D eigenvalue weighted by Gasteiger charge is 2.57. The number of benzene rings is 4. The third-order valence-corrected chi connectivity index (χ3v) is 11.2. The molecule has 2 aliphatic rings. The van der Waals surface area contributed by atoms with Crippen LogP contribution >= 0.6 is 23.1 Å². The van der Waals surface area contributed by atoms with E-state index in [1.807, 2.05) is 67.5 Å². The molecule has 0 unspecified atom stereocenters. The van der Waals surface area contributed by atoms with Crippen molar-refractivity contribution in [1.29, 1.82) is 0 Å². The molecule has 48 heavy (non-hydrogen) atoms. The monoisotopic (exact) mass is 688 g/mol. The number of fused-ring (bicyclic) bond motifs is 3. The number of carbonyl (C=O) groups excluding carboxylic acids is 3. The number of imide groups is 1. The third-order valence-electron chi connectivity index (χ3n) is 8.63. The Bertz CT molecular complexity index is 2150. The largest absolute Gasteiger partial charge is 0.418 e. The van der Waals surface area contributed by atoms with Gasteiger partial charge in [0.05, 0.1) is 22.2 Å². The predicted molar refractivity (Wildman–Crippen MR) is 181 cm³/mol. The van der Waals surface area contributed by atoms with Gasteiger partial charge in [0.1, 0.15) is 11.8 Å². The molecule has 3 atom stereocenters. The zero-order chi connectivity index (χ0) is 33.9. The van der Waals surface area contributed by atoms with Gasteiger partial charge in [-0.05, 0) is 41.3 Å². The van der Waals surface area contributed by atoms with Gasteiger partial charge in [-0.1, -0.05) is 83.8 Å². The molecule has 244 valence electrons. The Morgan fingerprint density at radius 1 is 0.875 bits per heavy atom. The van der Waals surface area contributed by atoms with E-state index in [1.54, 1.807) is 18.2 Å². The van der Waals surface area contributed by atoms with Gasteiger partial charge in [0.2, 0.25) is 17.7 Å². The van der Waals surface area contributed by atoms with Gasteiger partial charge < -0.3 is 10.2 Å². The molecule has 0 saturated carbocycles. The van der Waals surface area contributed by atoms with E-state index in [0.29, 0.717) is 26.1 Å². The van der Waals surface area contributed by atoms with Crippen molar-refractivity contribution in [3.05, 3.63) is 117 Å². The van der Waals surface area contributed by atoms with Crippen LogP contribution in [0.5, 0.6) is 0 Å². The molecule has 0 aliphatic carbocycles. The van der Waals surface area contributed by atoms with Crippen LogP contribution in [0.25, 0.3) is 10.8 Å². The Labute approximate surface area is 280 Å². The minimum Gasteiger partial charge on any atom is -0.378 e. The Morgan fingerprint density at radius 2 is 1.56 bits per heavy atom. The van der Waals surface area contributed by atoms with Crippen LogP contribution in [-0.4, -0.2) is 41.6 Å². The number of para-hydroxylation sites is 1. The SMILES string of the molecule is CN(C)c1ccc([C@@H]2c3sc(=O)n(CC(=O)Nc4cccc5ccccc45)c3S[C@H]3C(=O)N(c4ccccc4C(F)(F)F)C(=O)[C@@H]23)cc1. The summed E-state index contributed by atoms with van der Waals surface area (Å²) >= 11 is 1.82. The maximum Gasteiger partial charge on any atom is 0.418 e. The normalized spacial score (nSPS) is 18.9. The zero-order valence-corrected chi connectivity index (χ0v) is 27.2. The van der Waals surface area contributed by atoms with Gasteiger partial charge in [0.25, 0.3) is 0 Å². The lowest BCUT2D eigenvalue weighted by molar-refractivity contribution is -0.137. The number of rotatable bonds is 6. The lowest BCUT2D eigenvalue weighted by atomic mass is 9.83. The summed E-state index contributed by atoms with van der Waals surface area (Å²) in [6.07, 6.45) is -4.81. The molecule has 1 fully saturated rings. The van der Waals surface area contributed by atoms with Crippen molar-refractivity contribution < 1.29 is 27.6 Å². The summed E-state index contributed by atoms with van der Waals surface area (Å²) in [6.45, 7) is -0.368. The maximum atomic E-state index is 14.2. The third kappa shape index (κ3) is 5.36. The quantitative estimate of drug-likeness (QED) is 0.203. The topological polar surface area (TPSA) is 91.7 Å². The van der Waals surface area contributed by atoms with Gasteiger partial charge >= 0.3 is 11.0 Å². The number of hydrogen-bond acceptors (Lipinski definition) is 7. The summed E-state index contributed by atoms with van der Waals surface area (Å²) in [5.41, 5.74) is 0.423. The zero-order valence-electron chi connectivity index (χ0n) is 25.5. The molecule has 2 aliphatic heterocycles. The molecule has 1 saturated heterocycles. The van der Waals surface area contributed by atoms with Crippen LogP contribution in [0.3, 0.4) is 0 Å². The second-order valence-electron chi connectivity index (χ2n) is 11.8. The van der Waals surface area contributed by atoms with Crippen LogP contribution in [0.15, 0.2) is 101 Å². The molecule has 4 aromatic carbocycles. The highest BCUT2D eigenvalue weighted by molar-refractivity contribution is 8.00. The van der Waals surface area contributed by atoms with E-state index < -0.39 is 57.1 Å². The fourth-order valence-electron chi connectivity index (χ4n) is 6.41. The molecule has 0 spiro atoms. The summed E-state index contributed by atoms with van der Waals surface area (Å²) in [7, 11) is 3.73. The Morgan fingerprint density at radius 3 is 2.29 bits per heavy atom. The van der Waals surface area contributed by atoms with E-state index in [1.165, 1.54) is 16.7 Å². The number of alkyl halides is 3. The van der Waals surface area contributed by atoms with Crippen LogP contribution in [0, 0.1) is 5.92 Å². The Hall–Kier alpha value is -4.88. The highest BCUT2D eigenvalue weighted by Crippen LogP contribution is 2.54. The first-order valence-electron chi connectivity index (χ1n) is 14.9. The van der Waals surface area contributed by atoms with Gasteiger partial charge in [0.15, 0.2) is 0 Å². The van der Waals surface area contributed by atoms with E-state index >= 15 is 0 Å². The van der Waals surface area contributed by atoms with E-state index in [9.17, 15) is 32.3 Å². The lowest BCUT2D eigenvalue weighted by Crippen LogP contribution is -2.33. The van der Waals surface area contributed by atoms with Gasteiger partial charge in [-0.25, -0.2) is 4.90 Å². The van der Waals surface area contributed by atoms with Crippen molar-refractivity contribution in [2.24, 2.45) is 5.92 Å². The standard InChI is InChI=1S/C35H27F3N4O4S2/c1-40(2)21-16-14-20(15-17-21)27-28-29(32(45)42(31(28)44)25-13-6-5-11-23(25)35(36,37)38)47-33-30(27)48-34(46)41(33)18-26(43)39-24-12-7-9-19-8-3-4-10-22(19)24/h3-17,27-29H,18H2,1-2H3,(H,39,43)/t27-,28-,29+/m0/s1. The summed E-state index contributed by atoms with van der Waals surface area (Å²) in [4.78, 5) is 57.7. The maximum absolute atomic E-state index is 14.2. The van der Waals surface area contributed by atoms with Crippen molar-refractivity contribution in [3.8, 4) is 0 Å². The molecule has 5 aromatic rings. The smallest absolute Gasteiger partial charge is 0.378 e. The number of thiazole rings is 1. The van der Waals surface area contributed by atoms with Gasteiger partial charge in [-0.15, -0.1) is 0 Å². The molecule has 1 N–H and O–H groups in total. The van der Waals surface area contributed by atoms with E-state index in [-0.39, 0.29) is 6.54 Å². The van der Waals surface area contributed by atoms with Gasteiger partial charge in [-0.2, -0.15) is 13.2 Å². The number of amides is 3. The van der Waals surface area contributed by atoms with Crippen LogP contribution in [0.1, 0.15) is 21.9 Å². The Kier molecular flexibility index (Phi) is 7.91. The van der Waals surface area contributed by atoms with E-state index in [0.717, 1.165) is 51.7 Å². The second-order valence-corrected chi connectivity index (χ2v) is 13.9. The van der Waals surface area contributed by atoms with Gasteiger partial charge in [0, 0.05) is 41.7 Å². The van der Waals surface area contributed by atoms with Crippen LogP contribution in [-0.2, 0) is 27.1 Å². The number of hydrogen-bond donors (Lipinski definition) is 1. The second kappa shape index (κ2) is 12.0. The molecule has 3 heterocycles. The van der Waals surface area contributed by atoms with Crippen molar-refractivity contribution in [2.75, 3.05) is 29.2 Å². The van der Waals surface area contributed by atoms with Crippen LogP contribution < -0.4 is 20.0 Å². The molecule has 3 amide bonds. The summed E-state index contributed by atoms with van der Waals surface area (Å²) < 4.78 is 43.5. The molecule has 13 heteroatoms. The minimum atomic E-state index is -4.81. The number of nitrogens with one attached hydrogen (secondary N) is 1. The van der Waals surface area contributed by atoms with E-state index in [4.69, 9.17) is 0 Å². The van der Waals surface area contributed by atoms with Crippen molar-refractivity contribution >= 4 is 68.7 Å². The minimum absolute atomic E-state index is 0.341. The van der Waals surface area contributed by atoms with Crippen molar-refractivity contribution in [3.63, 3.8) is 0 Å².